The van der Waals surface area contributed by atoms with Gasteiger partial charge in [-0.25, -0.2) is 4.79 Å². The molecule has 3 nitrogen and oxygen atoms in total. The van der Waals surface area contributed by atoms with Crippen LogP contribution in [0.2, 0.25) is 5.02 Å². The van der Waals surface area contributed by atoms with Gasteiger partial charge in [-0.2, -0.15) is 0 Å². The SMILES string of the molecule is CCCOc1ccc(-c2ccc(Cl)cc2C(=O)O)cc1. The number of ether oxygens (including phenoxy) is 1. The van der Waals surface area contributed by atoms with Crippen LogP contribution in [0, 0.1) is 0 Å². The van der Waals surface area contributed by atoms with Crippen LogP contribution >= 0.6 is 11.6 Å². The molecule has 0 bridgehead atoms. The summed E-state index contributed by atoms with van der Waals surface area (Å²) < 4.78 is 5.51. The van der Waals surface area contributed by atoms with E-state index >= 15 is 0 Å². The molecule has 2 aromatic rings. The van der Waals surface area contributed by atoms with Gasteiger partial charge in [0.05, 0.1) is 12.2 Å². The maximum Gasteiger partial charge on any atom is 0.336 e. The first-order valence-electron chi connectivity index (χ1n) is 6.38. The summed E-state index contributed by atoms with van der Waals surface area (Å²) in [5.74, 6) is -0.213. The van der Waals surface area contributed by atoms with E-state index in [2.05, 4.69) is 0 Å². The third-order valence-corrected chi connectivity index (χ3v) is 3.09. The molecular formula is C16H15ClO3. The maximum atomic E-state index is 11.3. The molecule has 0 aliphatic carbocycles. The minimum absolute atomic E-state index is 0.194. The fourth-order valence-corrected chi connectivity index (χ4v) is 2.07. The van der Waals surface area contributed by atoms with Gasteiger partial charge in [0.2, 0.25) is 0 Å². The zero-order valence-electron chi connectivity index (χ0n) is 11.1. The van der Waals surface area contributed by atoms with E-state index in [1.54, 1.807) is 12.1 Å². The first kappa shape index (κ1) is 14.4. The number of rotatable bonds is 5. The molecule has 2 rings (SSSR count). The summed E-state index contributed by atoms with van der Waals surface area (Å²) in [4.78, 5) is 11.3. The highest BCUT2D eigenvalue weighted by Crippen LogP contribution is 2.28. The number of carboxylic acids is 1. The predicted molar refractivity (Wildman–Crippen MR) is 79.6 cm³/mol. The van der Waals surface area contributed by atoms with E-state index in [1.807, 2.05) is 31.2 Å². The van der Waals surface area contributed by atoms with Crippen LogP contribution in [0.15, 0.2) is 42.5 Å². The largest absolute Gasteiger partial charge is 0.494 e. The second-order valence-electron chi connectivity index (χ2n) is 4.37. The van der Waals surface area contributed by atoms with Gasteiger partial charge in [-0.05, 0) is 41.8 Å². The molecule has 0 spiro atoms. The van der Waals surface area contributed by atoms with Crippen molar-refractivity contribution in [2.24, 2.45) is 0 Å². The summed E-state index contributed by atoms with van der Waals surface area (Å²) in [7, 11) is 0. The Morgan fingerprint density at radius 3 is 2.50 bits per heavy atom. The molecule has 20 heavy (non-hydrogen) atoms. The second kappa shape index (κ2) is 6.44. The van der Waals surface area contributed by atoms with Gasteiger partial charge in [-0.1, -0.05) is 36.7 Å². The van der Waals surface area contributed by atoms with Crippen LogP contribution in [0.25, 0.3) is 11.1 Å². The van der Waals surface area contributed by atoms with Gasteiger partial charge in [-0.3, -0.25) is 0 Å². The first-order chi connectivity index (χ1) is 9.61. The van der Waals surface area contributed by atoms with Gasteiger partial charge in [0.15, 0.2) is 0 Å². The van der Waals surface area contributed by atoms with Crippen LogP contribution in [-0.4, -0.2) is 17.7 Å². The third kappa shape index (κ3) is 3.31. The zero-order chi connectivity index (χ0) is 14.5. The van der Waals surface area contributed by atoms with E-state index < -0.39 is 5.97 Å². The summed E-state index contributed by atoms with van der Waals surface area (Å²) in [6.45, 7) is 2.71. The predicted octanol–water partition coefficient (Wildman–Crippen LogP) is 4.49. The molecule has 0 fully saturated rings. The standard InChI is InChI=1S/C16H15ClO3/c1-2-9-20-13-6-3-11(4-7-13)14-8-5-12(17)10-15(14)16(18)19/h3-8,10H,2,9H2,1H3,(H,18,19). The van der Waals surface area contributed by atoms with E-state index in [0.717, 1.165) is 17.7 Å². The van der Waals surface area contributed by atoms with Gasteiger partial charge in [0.25, 0.3) is 0 Å². The number of hydrogen-bond donors (Lipinski definition) is 1. The van der Waals surface area contributed by atoms with E-state index in [9.17, 15) is 9.90 Å². The van der Waals surface area contributed by atoms with E-state index in [1.165, 1.54) is 6.07 Å². The van der Waals surface area contributed by atoms with E-state index in [4.69, 9.17) is 16.3 Å². The van der Waals surface area contributed by atoms with Crippen LogP contribution in [0.5, 0.6) is 5.75 Å². The Labute approximate surface area is 122 Å². The Morgan fingerprint density at radius 1 is 1.20 bits per heavy atom. The van der Waals surface area contributed by atoms with Crippen molar-refractivity contribution in [3.63, 3.8) is 0 Å². The molecule has 0 aromatic heterocycles. The summed E-state index contributed by atoms with van der Waals surface area (Å²) in [5, 5.41) is 9.65. The average Bonchev–Trinajstić information content (AvgIpc) is 2.45. The van der Waals surface area contributed by atoms with Gasteiger partial charge in [-0.15, -0.1) is 0 Å². The van der Waals surface area contributed by atoms with Crippen LogP contribution in [0.3, 0.4) is 0 Å². The molecule has 0 aliphatic heterocycles. The monoisotopic (exact) mass is 290 g/mol. The summed E-state index contributed by atoms with van der Waals surface area (Å²) in [6.07, 6.45) is 0.947. The Kier molecular flexibility index (Phi) is 4.64. The summed E-state index contributed by atoms with van der Waals surface area (Å²) in [6, 6.07) is 12.2. The van der Waals surface area contributed by atoms with Crippen LogP contribution in [-0.2, 0) is 0 Å². The molecule has 104 valence electrons. The van der Waals surface area contributed by atoms with Crippen molar-refractivity contribution in [2.75, 3.05) is 6.61 Å². The van der Waals surface area contributed by atoms with Crippen LogP contribution in [0.1, 0.15) is 23.7 Å². The third-order valence-electron chi connectivity index (χ3n) is 2.85. The van der Waals surface area contributed by atoms with Crippen molar-refractivity contribution in [3.05, 3.63) is 53.1 Å². The lowest BCUT2D eigenvalue weighted by Crippen LogP contribution is -1.99. The van der Waals surface area contributed by atoms with Crippen LogP contribution in [0.4, 0.5) is 0 Å². The van der Waals surface area contributed by atoms with Gasteiger partial charge in [0, 0.05) is 5.02 Å². The summed E-state index contributed by atoms with van der Waals surface area (Å²) >= 11 is 5.85. The highest BCUT2D eigenvalue weighted by atomic mass is 35.5. The number of halogens is 1. The van der Waals surface area contributed by atoms with Crippen molar-refractivity contribution in [1.82, 2.24) is 0 Å². The van der Waals surface area contributed by atoms with Crippen molar-refractivity contribution >= 4 is 17.6 Å². The lowest BCUT2D eigenvalue weighted by Gasteiger charge is -2.09. The number of aromatic carboxylic acids is 1. The normalized spacial score (nSPS) is 10.3. The minimum atomic E-state index is -0.992. The lowest BCUT2D eigenvalue weighted by molar-refractivity contribution is 0.0697. The lowest BCUT2D eigenvalue weighted by atomic mass is 10.00. The molecule has 0 amide bonds. The second-order valence-corrected chi connectivity index (χ2v) is 4.80. The molecule has 0 saturated heterocycles. The fraction of sp³-hybridized carbons (Fsp3) is 0.188. The molecular weight excluding hydrogens is 276 g/mol. The average molecular weight is 291 g/mol. The van der Waals surface area contributed by atoms with Crippen molar-refractivity contribution in [3.8, 4) is 16.9 Å². The number of carbonyl (C=O) groups is 1. The Bertz CT molecular complexity index is 606. The maximum absolute atomic E-state index is 11.3. The first-order valence-corrected chi connectivity index (χ1v) is 6.75. The number of hydrogen-bond acceptors (Lipinski definition) is 2. The topological polar surface area (TPSA) is 46.5 Å². The Balaban J connectivity index is 2.34. The molecule has 0 radical (unpaired) electrons. The molecule has 0 unspecified atom stereocenters. The van der Waals surface area contributed by atoms with Gasteiger partial charge < -0.3 is 9.84 Å². The van der Waals surface area contributed by atoms with Crippen LogP contribution < -0.4 is 4.74 Å². The fourth-order valence-electron chi connectivity index (χ4n) is 1.90. The van der Waals surface area contributed by atoms with Crippen molar-refractivity contribution in [1.29, 1.82) is 0 Å². The van der Waals surface area contributed by atoms with E-state index in [0.29, 0.717) is 17.2 Å². The van der Waals surface area contributed by atoms with Crippen molar-refractivity contribution in [2.45, 2.75) is 13.3 Å². The molecule has 4 heteroatoms. The van der Waals surface area contributed by atoms with Gasteiger partial charge >= 0.3 is 5.97 Å². The molecule has 0 heterocycles. The van der Waals surface area contributed by atoms with Crippen molar-refractivity contribution < 1.29 is 14.6 Å². The Hall–Kier alpha value is -2.00. The number of carboxylic acid groups (broad SMARTS) is 1. The highest BCUT2D eigenvalue weighted by molar-refractivity contribution is 6.31. The molecule has 1 N–H and O–H groups in total. The minimum Gasteiger partial charge on any atom is -0.494 e. The molecule has 0 atom stereocenters. The van der Waals surface area contributed by atoms with Gasteiger partial charge in [0.1, 0.15) is 5.75 Å². The quantitative estimate of drug-likeness (QED) is 0.882. The smallest absolute Gasteiger partial charge is 0.336 e. The highest BCUT2D eigenvalue weighted by Gasteiger charge is 2.12. The molecule has 2 aromatic carbocycles. The molecule has 0 aliphatic rings. The molecule has 0 saturated carbocycles. The Morgan fingerprint density at radius 2 is 1.90 bits per heavy atom. The van der Waals surface area contributed by atoms with E-state index in [-0.39, 0.29) is 5.56 Å². The summed E-state index contributed by atoms with van der Waals surface area (Å²) in [5.41, 5.74) is 1.66. The zero-order valence-corrected chi connectivity index (χ0v) is 11.9. The number of benzene rings is 2.